The number of nitrogens with zero attached hydrogens (tertiary/aromatic N) is 2. The maximum atomic E-state index is 9.21. The Bertz CT molecular complexity index is 612. The van der Waals surface area contributed by atoms with E-state index in [1.165, 1.54) is 0 Å². The van der Waals surface area contributed by atoms with Crippen LogP contribution in [0.4, 0.5) is 0 Å². The van der Waals surface area contributed by atoms with Gasteiger partial charge in [-0.1, -0.05) is 29.8 Å². The van der Waals surface area contributed by atoms with E-state index >= 15 is 0 Å². The number of hydrogen-bond donors (Lipinski definition) is 0. The predicted octanol–water partition coefficient (Wildman–Crippen LogP) is 4.46. The Balaban J connectivity index is 2.46. The fraction of sp³-hybridized carbons (Fsp3) is 0.333. The molecule has 0 saturated carbocycles. The number of aromatic nitrogens is 1. The Kier molecular flexibility index (Phi) is 3.98. The summed E-state index contributed by atoms with van der Waals surface area (Å²) in [5, 5.41) is 10.2. The number of halogens is 1. The molecule has 0 radical (unpaired) electrons. The van der Waals surface area contributed by atoms with Gasteiger partial charge in [-0.3, -0.25) is 4.98 Å². The summed E-state index contributed by atoms with van der Waals surface area (Å²) in [6.45, 7) is 4.37. The van der Waals surface area contributed by atoms with Crippen LogP contribution in [0.2, 0.25) is 0 Å². The lowest BCUT2D eigenvalue weighted by Crippen LogP contribution is -1.99. The van der Waals surface area contributed by atoms with E-state index in [4.69, 9.17) is 0 Å². The summed E-state index contributed by atoms with van der Waals surface area (Å²) in [6.07, 6.45) is 1.93. The van der Waals surface area contributed by atoms with Crippen LogP contribution in [0.3, 0.4) is 0 Å². The third kappa shape index (κ3) is 2.88. The summed E-state index contributed by atoms with van der Waals surface area (Å²) < 4.78 is 1.01. The lowest BCUT2D eigenvalue weighted by molar-refractivity contribution is 0.581. The van der Waals surface area contributed by atoms with Crippen LogP contribution in [0.5, 0.6) is 0 Å². The molecule has 1 heterocycles. The topological polar surface area (TPSA) is 36.7 Å². The standard InChI is InChI=1S/C15H15BrN2/c1-10(2)3-5-15-12(9-17)7-11-8-13(16)4-6-14(11)18-15/h4,6-8,10H,3,5H2,1-2H3. The van der Waals surface area contributed by atoms with Gasteiger partial charge in [0.2, 0.25) is 0 Å². The van der Waals surface area contributed by atoms with Gasteiger partial charge in [0.25, 0.3) is 0 Å². The van der Waals surface area contributed by atoms with Gasteiger partial charge >= 0.3 is 0 Å². The predicted molar refractivity (Wildman–Crippen MR) is 77.3 cm³/mol. The Labute approximate surface area is 116 Å². The van der Waals surface area contributed by atoms with Gasteiger partial charge in [0.05, 0.1) is 16.8 Å². The minimum atomic E-state index is 0.624. The second-order valence-electron chi connectivity index (χ2n) is 4.86. The number of benzene rings is 1. The van der Waals surface area contributed by atoms with Crippen molar-refractivity contribution in [2.24, 2.45) is 5.92 Å². The van der Waals surface area contributed by atoms with Crippen molar-refractivity contribution in [1.82, 2.24) is 4.98 Å². The molecule has 3 heteroatoms. The molecule has 1 aromatic carbocycles. The van der Waals surface area contributed by atoms with Crippen LogP contribution >= 0.6 is 15.9 Å². The highest BCUT2D eigenvalue weighted by Gasteiger charge is 2.08. The summed E-state index contributed by atoms with van der Waals surface area (Å²) in [4.78, 5) is 4.62. The normalized spacial score (nSPS) is 10.8. The average molecular weight is 303 g/mol. The second-order valence-corrected chi connectivity index (χ2v) is 5.78. The van der Waals surface area contributed by atoms with Crippen molar-refractivity contribution in [1.29, 1.82) is 5.26 Å². The van der Waals surface area contributed by atoms with E-state index in [-0.39, 0.29) is 0 Å². The maximum Gasteiger partial charge on any atom is 0.101 e. The maximum absolute atomic E-state index is 9.21. The van der Waals surface area contributed by atoms with Crippen molar-refractivity contribution in [2.75, 3.05) is 0 Å². The van der Waals surface area contributed by atoms with Crippen molar-refractivity contribution in [3.63, 3.8) is 0 Å². The first-order chi connectivity index (χ1) is 8.60. The smallest absolute Gasteiger partial charge is 0.101 e. The fourth-order valence-electron chi connectivity index (χ4n) is 1.90. The minimum absolute atomic E-state index is 0.624. The number of aryl methyl sites for hydroxylation is 1. The third-order valence-electron chi connectivity index (χ3n) is 2.93. The Morgan fingerprint density at radius 1 is 1.33 bits per heavy atom. The van der Waals surface area contributed by atoms with Crippen molar-refractivity contribution in [3.05, 3.63) is 40.0 Å². The van der Waals surface area contributed by atoms with E-state index in [0.29, 0.717) is 11.5 Å². The number of nitriles is 1. The highest BCUT2D eigenvalue weighted by molar-refractivity contribution is 9.10. The SMILES string of the molecule is CC(C)CCc1nc2ccc(Br)cc2cc1C#N. The molecule has 2 aromatic rings. The van der Waals surface area contributed by atoms with Gasteiger partial charge in [-0.2, -0.15) is 5.26 Å². The zero-order chi connectivity index (χ0) is 13.1. The van der Waals surface area contributed by atoms with Crippen LogP contribution in [0, 0.1) is 17.2 Å². The Hall–Kier alpha value is -1.40. The molecular weight excluding hydrogens is 288 g/mol. The summed E-state index contributed by atoms with van der Waals surface area (Å²) in [6, 6.07) is 10.1. The summed E-state index contributed by atoms with van der Waals surface area (Å²) in [5.74, 6) is 0.624. The Morgan fingerprint density at radius 3 is 2.78 bits per heavy atom. The summed E-state index contributed by atoms with van der Waals surface area (Å²) >= 11 is 3.44. The number of fused-ring (bicyclic) bond motifs is 1. The lowest BCUT2D eigenvalue weighted by Gasteiger charge is -2.08. The first kappa shape index (κ1) is 13.0. The molecule has 2 rings (SSSR count). The van der Waals surface area contributed by atoms with Crippen LogP contribution in [0.15, 0.2) is 28.7 Å². The molecule has 0 aliphatic heterocycles. The minimum Gasteiger partial charge on any atom is -0.251 e. The van der Waals surface area contributed by atoms with Gasteiger partial charge in [0, 0.05) is 9.86 Å². The van der Waals surface area contributed by atoms with Gasteiger partial charge in [-0.05, 0) is 43.0 Å². The van der Waals surface area contributed by atoms with Crippen LogP contribution in [0.1, 0.15) is 31.5 Å². The second kappa shape index (κ2) is 5.49. The molecule has 1 aromatic heterocycles. The van der Waals surface area contributed by atoms with Gasteiger partial charge < -0.3 is 0 Å². The van der Waals surface area contributed by atoms with E-state index in [1.807, 2.05) is 24.3 Å². The molecular formula is C15H15BrN2. The van der Waals surface area contributed by atoms with Gasteiger partial charge in [0.15, 0.2) is 0 Å². The first-order valence-electron chi connectivity index (χ1n) is 6.09. The van der Waals surface area contributed by atoms with E-state index < -0.39 is 0 Å². The number of pyridine rings is 1. The lowest BCUT2D eigenvalue weighted by atomic mass is 10.0. The molecule has 92 valence electrons. The van der Waals surface area contributed by atoms with Gasteiger partial charge in [-0.15, -0.1) is 0 Å². The van der Waals surface area contributed by atoms with Gasteiger partial charge in [0.1, 0.15) is 6.07 Å². The largest absolute Gasteiger partial charge is 0.251 e. The van der Waals surface area contributed by atoms with E-state index in [2.05, 4.69) is 40.8 Å². The highest BCUT2D eigenvalue weighted by Crippen LogP contribution is 2.22. The summed E-state index contributed by atoms with van der Waals surface area (Å²) in [5.41, 5.74) is 2.57. The molecule has 0 bridgehead atoms. The zero-order valence-electron chi connectivity index (χ0n) is 10.6. The molecule has 0 N–H and O–H groups in total. The van der Waals surface area contributed by atoms with E-state index in [0.717, 1.165) is 33.9 Å². The van der Waals surface area contributed by atoms with Crippen LogP contribution < -0.4 is 0 Å². The van der Waals surface area contributed by atoms with E-state index in [9.17, 15) is 5.26 Å². The molecule has 0 unspecified atom stereocenters. The molecule has 0 amide bonds. The number of hydrogen-bond acceptors (Lipinski definition) is 2. The fourth-order valence-corrected chi connectivity index (χ4v) is 2.28. The van der Waals surface area contributed by atoms with Crippen molar-refractivity contribution in [2.45, 2.75) is 26.7 Å². The van der Waals surface area contributed by atoms with E-state index in [1.54, 1.807) is 0 Å². The van der Waals surface area contributed by atoms with Crippen molar-refractivity contribution >= 4 is 26.8 Å². The first-order valence-corrected chi connectivity index (χ1v) is 6.88. The van der Waals surface area contributed by atoms with Crippen LogP contribution in [0.25, 0.3) is 10.9 Å². The average Bonchev–Trinajstić information content (AvgIpc) is 2.35. The third-order valence-corrected chi connectivity index (χ3v) is 3.43. The van der Waals surface area contributed by atoms with Crippen molar-refractivity contribution in [3.8, 4) is 6.07 Å². The van der Waals surface area contributed by atoms with Crippen molar-refractivity contribution < 1.29 is 0 Å². The molecule has 0 aliphatic carbocycles. The number of rotatable bonds is 3. The quantitative estimate of drug-likeness (QED) is 0.839. The van der Waals surface area contributed by atoms with Gasteiger partial charge in [-0.25, -0.2) is 0 Å². The zero-order valence-corrected chi connectivity index (χ0v) is 12.2. The molecule has 0 spiro atoms. The summed E-state index contributed by atoms with van der Waals surface area (Å²) in [7, 11) is 0. The highest BCUT2D eigenvalue weighted by atomic mass is 79.9. The molecule has 0 fully saturated rings. The monoisotopic (exact) mass is 302 g/mol. The molecule has 2 nitrogen and oxygen atoms in total. The molecule has 0 atom stereocenters. The van der Waals surface area contributed by atoms with Crippen LogP contribution in [-0.4, -0.2) is 4.98 Å². The van der Waals surface area contributed by atoms with Crippen LogP contribution in [-0.2, 0) is 6.42 Å². The molecule has 0 saturated heterocycles. The molecule has 18 heavy (non-hydrogen) atoms. The molecule has 0 aliphatic rings. The Morgan fingerprint density at radius 2 is 2.11 bits per heavy atom.